The van der Waals surface area contributed by atoms with Gasteiger partial charge in [-0.3, -0.25) is 4.79 Å². The Kier molecular flexibility index (Phi) is 10.3. The van der Waals surface area contributed by atoms with Crippen LogP contribution in [-0.2, 0) is 9.22 Å². The van der Waals surface area contributed by atoms with Crippen molar-refractivity contribution < 1.29 is 14.3 Å². The summed E-state index contributed by atoms with van der Waals surface area (Å²) < 4.78 is 6.08. The van der Waals surface area contributed by atoms with Gasteiger partial charge in [-0.05, 0) is 37.0 Å². The number of halogens is 2. The number of carbonyl (C=O) groups is 1. The van der Waals surface area contributed by atoms with Crippen LogP contribution in [0.1, 0.15) is 53.9 Å². The van der Waals surface area contributed by atoms with Crippen LogP contribution in [0.25, 0.3) is 0 Å². The second-order valence-corrected chi connectivity index (χ2v) is 16.9. The smallest absolute Gasteiger partial charge is 0.192 e. The van der Waals surface area contributed by atoms with Gasteiger partial charge in [-0.25, -0.2) is 0 Å². The quantitative estimate of drug-likeness (QED) is 0.191. The Balaban J connectivity index is 4.22. The topological polar surface area (TPSA) is 46.5 Å². The minimum absolute atomic E-state index is 0.00101. The molecule has 142 valence electrons. The molecule has 0 aliphatic carbocycles. The first-order chi connectivity index (χ1) is 10.6. The predicted molar refractivity (Wildman–Crippen MR) is 115 cm³/mol. The fraction of sp³-hybridized carbons (Fsp3) is 0.833. The molecule has 0 bridgehead atoms. The molecule has 0 rings (SSSR count). The highest BCUT2D eigenvalue weighted by atomic mass is 127. The Hall–Kier alpha value is 0.567. The zero-order valence-corrected chi connectivity index (χ0v) is 20.1. The lowest BCUT2D eigenvalue weighted by atomic mass is 10.0. The first-order valence-electron chi connectivity index (χ1n) is 8.50. The molecule has 0 aliphatic heterocycles. The van der Waals surface area contributed by atoms with Gasteiger partial charge in [0.05, 0.1) is 12.7 Å². The number of aliphatic hydroxyl groups excluding tert-OH is 1. The van der Waals surface area contributed by atoms with Crippen molar-refractivity contribution in [1.29, 1.82) is 0 Å². The van der Waals surface area contributed by atoms with E-state index in [1.54, 1.807) is 0 Å². The SMILES string of the molecule is CC(C)(I)C[C@H](Cl)CCC(=O)/C=C/C(O)CO[Si](C)(C)C(C)(C)C. The molecule has 6 heteroatoms. The van der Waals surface area contributed by atoms with Crippen molar-refractivity contribution in [3.05, 3.63) is 12.2 Å². The molecule has 0 aliphatic rings. The maximum atomic E-state index is 11.9. The normalized spacial score (nSPS) is 16.4. The van der Waals surface area contributed by atoms with Crippen LogP contribution in [0.3, 0.4) is 0 Å². The molecule has 0 fully saturated rings. The number of hydrogen-bond donors (Lipinski definition) is 1. The fourth-order valence-electron chi connectivity index (χ4n) is 1.80. The van der Waals surface area contributed by atoms with E-state index in [-0.39, 0.29) is 26.2 Å². The Labute approximate surface area is 167 Å². The molecule has 0 saturated carbocycles. The summed E-state index contributed by atoms with van der Waals surface area (Å²) in [4.78, 5) is 11.9. The zero-order chi connectivity index (χ0) is 19.2. The van der Waals surface area contributed by atoms with Gasteiger partial charge in [0.25, 0.3) is 0 Å². The fourth-order valence-corrected chi connectivity index (χ4v) is 4.10. The van der Waals surface area contributed by atoms with Crippen LogP contribution in [0.15, 0.2) is 12.2 Å². The average molecular weight is 489 g/mol. The van der Waals surface area contributed by atoms with Crippen LogP contribution in [0.5, 0.6) is 0 Å². The molecule has 1 unspecified atom stereocenters. The highest BCUT2D eigenvalue weighted by Crippen LogP contribution is 2.36. The van der Waals surface area contributed by atoms with Crippen molar-refractivity contribution in [2.75, 3.05) is 6.61 Å². The van der Waals surface area contributed by atoms with Gasteiger partial charge in [0, 0.05) is 15.2 Å². The van der Waals surface area contributed by atoms with Gasteiger partial charge < -0.3 is 9.53 Å². The van der Waals surface area contributed by atoms with Gasteiger partial charge in [-0.15, -0.1) is 11.6 Å². The molecule has 0 aromatic carbocycles. The summed E-state index contributed by atoms with van der Waals surface area (Å²) in [5.74, 6) is -0.00158. The Morgan fingerprint density at radius 3 is 2.29 bits per heavy atom. The lowest BCUT2D eigenvalue weighted by molar-refractivity contribution is -0.114. The molecule has 0 aromatic heterocycles. The molecule has 0 radical (unpaired) electrons. The zero-order valence-electron chi connectivity index (χ0n) is 16.2. The number of alkyl halides is 2. The molecule has 0 spiro atoms. The van der Waals surface area contributed by atoms with Crippen molar-refractivity contribution in [1.82, 2.24) is 0 Å². The predicted octanol–water partition coefficient (Wildman–Crippen LogP) is 5.49. The van der Waals surface area contributed by atoms with Gasteiger partial charge in [0.2, 0.25) is 0 Å². The van der Waals surface area contributed by atoms with Gasteiger partial charge in [-0.2, -0.15) is 0 Å². The highest BCUT2D eigenvalue weighted by molar-refractivity contribution is 14.1. The summed E-state index contributed by atoms with van der Waals surface area (Å²) in [6.07, 6.45) is 4.18. The largest absolute Gasteiger partial charge is 0.414 e. The van der Waals surface area contributed by atoms with Gasteiger partial charge in [-0.1, -0.05) is 63.3 Å². The Bertz CT molecular complexity index is 425. The van der Waals surface area contributed by atoms with E-state index in [1.165, 1.54) is 12.2 Å². The summed E-state index contributed by atoms with van der Waals surface area (Å²) in [6.45, 7) is 15.3. The molecule has 24 heavy (non-hydrogen) atoms. The van der Waals surface area contributed by atoms with E-state index in [9.17, 15) is 9.90 Å². The Morgan fingerprint density at radius 1 is 1.29 bits per heavy atom. The molecule has 0 saturated heterocycles. The number of allylic oxidation sites excluding steroid dienone is 1. The van der Waals surface area contributed by atoms with Crippen molar-refractivity contribution in [3.63, 3.8) is 0 Å². The molecule has 3 nitrogen and oxygen atoms in total. The maximum absolute atomic E-state index is 11.9. The first-order valence-corrected chi connectivity index (χ1v) is 12.9. The first kappa shape index (κ1) is 24.6. The van der Waals surface area contributed by atoms with Gasteiger partial charge in [0.1, 0.15) is 0 Å². The number of aliphatic hydroxyl groups is 1. The van der Waals surface area contributed by atoms with Crippen LogP contribution in [0.2, 0.25) is 18.1 Å². The standard InChI is InChI=1S/C18H34ClIO3Si/c1-17(2,3)24(6,7)23-13-16(22)11-10-15(21)9-8-14(19)12-18(4,5)20/h10-11,14,16,22H,8-9,12-13H2,1-7H3/b11-10+/t14-,16?/m1/s1. The van der Waals surface area contributed by atoms with E-state index in [0.717, 1.165) is 6.42 Å². The lowest BCUT2D eigenvalue weighted by Gasteiger charge is -2.36. The van der Waals surface area contributed by atoms with Crippen molar-refractivity contribution in [2.24, 2.45) is 0 Å². The van der Waals surface area contributed by atoms with E-state index >= 15 is 0 Å². The minimum atomic E-state index is -1.87. The van der Waals surface area contributed by atoms with Crippen LogP contribution >= 0.6 is 34.2 Å². The maximum Gasteiger partial charge on any atom is 0.192 e. The molecule has 0 amide bonds. The van der Waals surface area contributed by atoms with Crippen LogP contribution in [-0.4, -0.2) is 40.7 Å². The third-order valence-electron chi connectivity index (χ3n) is 4.34. The van der Waals surface area contributed by atoms with Crippen LogP contribution < -0.4 is 0 Å². The molecular formula is C18H34ClIO3Si. The minimum Gasteiger partial charge on any atom is -0.414 e. The van der Waals surface area contributed by atoms with Gasteiger partial charge >= 0.3 is 0 Å². The second-order valence-electron chi connectivity index (χ2n) is 8.52. The molecular weight excluding hydrogens is 455 g/mol. The van der Waals surface area contributed by atoms with E-state index < -0.39 is 14.4 Å². The summed E-state index contributed by atoms with van der Waals surface area (Å²) in [5.41, 5.74) is 0. The number of hydrogen-bond acceptors (Lipinski definition) is 3. The molecule has 0 heterocycles. The summed E-state index contributed by atoms with van der Waals surface area (Å²) in [6, 6.07) is 0. The molecule has 2 atom stereocenters. The third-order valence-corrected chi connectivity index (χ3v) is 9.65. The van der Waals surface area contributed by atoms with E-state index in [2.05, 4.69) is 70.3 Å². The molecule has 0 aromatic rings. The van der Waals surface area contributed by atoms with Crippen molar-refractivity contribution in [3.8, 4) is 0 Å². The van der Waals surface area contributed by atoms with Crippen LogP contribution in [0, 0.1) is 0 Å². The van der Waals surface area contributed by atoms with E-state index in [0.29, 0.717) is 12.8 Å². The summed E-state index contributed by atoms with van der Waals surface area (Å²) >= 11 is 8.64. The van der Waals surface area contributed by atoms with E-state index in [1.807, 2.05) is 0 Å². The lowest BCUT2D eigenvalue weighted by Crippen LogP contribution is -2.42. The molecule has 1 N–H and O–H groups in total. The second kappa shape index (κ2) is 10.0. The van der Waals surface area contributed by atoms with Crippen LogP contribution in [0.4, 0.5) is 0 Å². The Morgan fingerprint density at radius 2 is 1.83 bits per heavy atom. The summed E-state index contributed by atoms with van der Waals surface area (Å²) in [5, 5.41) is 10.1. The number of carbonyl (C=O) groups excluding carboxylic acids is 1. The number of rotatable bonds is 10. The van der Waals surface area contributed by atoms with Crippen molar-refractivity contribution in [2.45, 2.75) is 86.9 Å². The van der Waals surface area contributed by atoms with Crippen molar-refractivity contribution >= 4 is 48.3 Å². The summed E-state index contributed by atoms with van der Waals surface area (Å²) in [7, 11) is -1.87. The number of ketones is 1. The third kappa shape index (κ3) is 11.2. The van der Waals surface area contributed by atoms with Gasteiger partial charge in [0.15, 0.2) is 14.1 Å². The average Bonchev–Trinajstić information content (AvgIpc) is 2.37. The van der Waals surface area contributed by atoms with E-state index in [4.69, 9.17) is 16.0 Å². The highest BCUT2D eigenvalue weighted by Gasteiger charge is 2.37. The monoisotopic (exact) mass is 488 g/mol.